The molecule has 5 heteroatoms. The van der Waals surface area contributed by atoms with E-state index in [4.69, 9.17) is 9.63 Å². The third-order valence-corrected chi connectivity index (χ3v) is 3.32. The molecule has 5 nitrogen and oxygen atoms in total. The fourth-order valence-corrected chi connectivity index (χ4v) is 1.13. The van der Waals surface area contributed by atoms with E-state index in [2.05, 4.69) is 10.5 Å². The molecule has 1 aromatic rings. The van der Waals surface area contributed by atoms with E-state index in [1.54, 1.807) is 20.0 Å². The Morgan fingerprint density at radius 1 is 1.50 bits per heavy atom. The van der Waals surface area contributed by atoms with Gasteiger partial charge >= 0.3 is 5.97 Å². The predicted octanol–water partition coefficient (Wildman–Crippen LogP) is 1.65. The second-order valence-corrected chi connectivity index (χ2v) is 4.94. The van der Waals surface area contributed by atoms with Gasteiger partial charge in [-0.05, 0) is 27.7 Å². The molecule has 1 aromatic heterocycles. The minimum absolute atomic E-state index is 0.532. The van der Waals surface area contributed by atoms with E-state index in [1.807, 2.05) is 13.8 Å². The summed E-state index contributed by atoms with van der Waals surface area (Å²) in [6.45, 7) is 7.68. The molecule has 1 rings (SSSR count). The smallest absolute Gasteiger partial charge is 0.310 e. The maximum absolute atomic E-state index is 11.2. The summed E-state index contributed by atoms with van der Waals surface area (Å²) in [5, 5.41) is 16.0. The summed E-state index contributed by atoms with van der Waals surface area (Å²) in [5.41, 5.74) is -0.491. The first kappa shape index (κ1) is 12.7. The SMILES string of the molecule is CC(C)(NCc1cnoc1)C(C)(C)C(=O)O. The van der Waals surface area contributed by atoms with E-state index in [0.29, 0.717) is 6.54 Å². The highest BCUT2D eigenvalue weighted by Crippen LogP contribution is 2.30. The number of hydrogen-bond acceptors (Lipinski definition) is 4. The third kappa shape index (κ3) is 2.41. The van der Waals surface area contributed by atoms with Crippen LogP contribution in [0.1, 0.15) is 33.3 Å². The van der Waals surface area contributed by atoms with Crippen molar-refractivity contribution in [2.75, 3.05) is 0 Å². The van der Waals surface area contributed by atoms with E-state index in [9.17, 15) is 4.79 Å². The lowest BCUT2D eigenvalue weighted by molar-refractivity contribution is -0.151. The largest absolute Gasteiger partial charge is 0.481 e. The highest BCUT2D eigenvalue weighted by molar-refractivity contribution is 5.75. The molecule has 0 amide bonds. The van der Waals surface area contributed by atoms with Crippen molar-refractivity contribution in [1.29, 1.82) is 0 Å². The number of nitrogens with one attached hydrogen (secondary N) is 1. The number of hydrogen-bond donors (Lipinski definition) is 2. The fraction of sp³-hybridized carbons (Fsp3) is 0.636. The summed E-state index contributed by atoms with van der Waals surface area (Å²) >= 11 is 0. The van der Waals surface area contributed by atoms with Crippen molar-refractivity contribution in [2.24, 2.45) is 5.41 Å². The topological polar surface area (TPSA) is 75.4 Å². The molecule has 0 unspecified atom stereocenters. The Hall–Kier alpha value is -1.36. The first-order valence-corrected chi connectivity index (χ1v) is 5.14. The van der Waals surface area contributed by atoms with Crippen LogP contribution in [0.15, 0.2) is 17.0 Å². The third-order valence-electron chi connectivity index (χ3n) is 3.32. The van der Waals surface area contributed by atoms with Gasteiger partial charge in [-0.25, -0.2) is 0 Å². The Balaban J connectivity index is 2.68. The molecule has 0 spiro atoms. The molecule has 0 saturated carbocycles. The molecule has 0 fully saturated rings. The van der Waals surface area contributed by atoms with Crippen molar-refractivity contribution in [3.63, 3.8) is 0 Å². The zero-order valence-electron chi connectivity index (χ0n) is 10.1. The van der Waals surface area contributed by atoms with Gasteiger partial charge < -0.3 is 14.9 Å². The van der Waals surface area contributed by atoms with Gasteiger partial charge in [0.15, 0.2) is 0 Å². The predicted molar refractivity (Wildman–Crippen MR) is 58.8 cm³/mol. The number of aromatic nitrogens is 1. The maximum Gasteiger partial charge on any atom is 0.310 e. The second-order valence-electron chi connectivity index (χ2n) is 4.94. The van der Waals surface area contributed by atoms with Gasteiger partial charge in [0, 0.05) is 17.6 Å². The van der Waals surface area contributed by atoms with Crippen molar-refractivity contribution in [1.82, 2.24) is 10.5 Å². The van der Waals surface area contributed by atoms with Gasteiger partial charge in [-0.15, -0.1) is 0 Å². The van der Waals surface area contributed by atoms with Crippen LogP contribution >= 0.6 is 0 Å². The number of carboxylic acid groups (broad SMARTS) is 1. The van der Waals surface area contributed by atoms with Gasteiger partial charge in [-0.2, -0.15) is 0 Å². The van der Waals surface area contributed by atoms with Crippen LogP contribution in [0, 0.1) is 5.41 Å². The summed E-state index contributed by atoms with van der Waals surface area (Å²) < 4.78 is 4.71. The van der Waals surface area contributed by atoms with E-state index < -0.39 is 16.9 Å². The molecular formula is C11H18N2O3. The van der Waals surface area contributed by atoms with Gasteiger partial charge in [-0.1, -0.05) is 5.16 Å². The Kier molecular flexibility index (Phi) is 3.38. The monoisotopic (exact) mass is 226 g/mol. The molecule has 16 heavy (non-hydrogen) atoms. The molecule has 2 N–H and O–H groups in total. The normalized spacial score (nSPS) is 12.8. The molecule has 0 atom stereocenters. The van der Waals surface area contributed by atoms with Crippen LogP contribution in [0.5, 0.6) is 0 Å². The molecule has 0 bridgehead atoms. The minimum Gasteiger partial charge on any atom is -0.481 e. The summed E-state index contributed by atoms with van der Waals surface area (Å²) in [6.07, 6.45) is 3.15. The lowest BCUT2D eigenvalue weighted by Crippen LogP contribution is -2.54. The average Bonchev–Trinajstić information content (AvgIpc) is 2.66. The average molecular weight is 226 g/mol. The first-order chi connectivity index (χ1) is 7.27. The molecule has 0 aromatic carbocycles. The molecule has 0 aliphatic rings. The minimum atomic E-state index is -0.857. The number of carboxylic acids is 1. The summed E-state index contributed by atoms with van der Waals surface area (Å²) in [4.78, 5) is 11.2. The molecule has 0 aliphatic carbocycles. The number of rotatable bonds is 5. The van der Waals surface area contributed by atoms with E-state index in [-0.39, 0.29) is 0 Å². The molecule has 0 saturated heterocycles. The van der Waals surface area contributed by atoms with Crippen LogP contribution in [0.25, 0.3) is 0 Å². The van der Waals surface area contributed by atoms with Crippen LogP contribution < -0.4 is 5.32 Å². The van der Waals surface area contributed by atoms with Crippen LogP contribution in [0.3, 0.4) is 0 Å². The van der Waals surface area contributed by atoms with E-state index >= 15 is 0 Å². The highest BCUT2D eigenvalue weighted by atomic mass is 16.5. The van der Waals surface area contributed by atoms with Crippen LogP contribution in [0.4, 0.5) is 0 Å². The second kappa shape index (κ2) is 4.25. The lowest BCUT2D eigenvalue weighted by Gasteiger charge is -2.39. The van der Waals surface area contributed by atoms with Crippen LogP contribution in [-0.4, -0.2) is 21.8 Å². The standard InChI is InChI=1S/C11H18N2O3/c1-10(2,9(14)15)11(3,4)12-5-8-6-13-16-7-8/h6-7,12H,5H2,1-4H3,(H,14,15). The Morgan fingerprint density at radius 3 is 2.56 bits per heavy atom. The number of carbonyl (C=O) groups is 1. The Morgan fingerprint density at radius 2 is 2.12 bits per heavy atom. The van der Waals surface area contributed by atoms with E-state index in [1.165, 1.54) is 6.26 Å². The van der Waals surface area contributed by atoms with Gasteiger partial charge in [0.25, 0.3) is 0 Å². The zero-order valence-corrected chi connectivity index (χ0v) is 10.1. The zero-order chi connectivity index (χ0) is 12.4. The highest BCUT2D eigenvalue weighted by Gasteiger charge is 2.42. The van der Waals surface area contributed by atoms with Gasteiger partial charge in [-0.3, -0.25) is 4.79 Å². The maximum atomic E-state index is 11.2. The van der Waals surface area contributed by atoms with Crippen molar-refractivity contribution in [2.45, 2.75) is 39.8 Å². The van der Waals surface area contributed by atoms with Crippen molar-refractivity contribution in [3.8, 4) is 0 Å². The summed E-state index contributed by atoms with van der Waals surface area (Å²) in [5.74, 6) is -0.824. The van der Waals surface area contributed by atoms with Crippen LogP contribution in [-0.2, 0) is 11.3 Å². The van der Waals surface area contributed by atoms with Gasteiger partial charge in [0.1, 0.15) is 6.26 Å². The number of nitrogens with zero attached hydrogens (tertiary/aromatic N) is 1. The van der Waals surface area contributed by atoms with Crippen LogP contribution in [0.2, 0.25) is 0 Å². The van der Waals surface area contributed by atoms with E-state index in [0.717, 1.165) is 5.56 Å². The quantitative estimate of drug-likeness (QED) is 0.798. The fourth-order valence-electron chi connectivity index (χ4n) is 1.13. The van der Waals surface area contributed by atoms with Gasteiger partial charge in [0.2, 0.25) is 0 Å². The molecule has 0 aliphatic heterocycles. The summed E-state index contributed by atoms with van der Waals surface area (Å²) in [7, 11) is 0. The van der Waals surface area contributed by atoms with Crippen molar-refractivity contribution < 1.29 is 14.4 Å². The molecule has 0 radical (unpaired) electrons. The van der Waals surface area contributed by atoms with Gasteiger partial charge in [0.05, 0.1) is 11.6 Å². The first-order valence-electron chi connectivity index (χ1n) is 5.14. The lowest BCUT2D eigenvalue weighted by atomic mass is 9.74. The Labute approximate surface area is 94.8 Å². The Bertz CT molecular complexity index is 355. The van der Waals surface area contributed by atoms with Crippen molar-refractivity contribution in [3.05, 3.63) is 18.0 Å². The molecule has 1 heterocycles. The molecule has 90 valence electrons. The number of aliphatic carboxylic acids is 1. The van der Waals surface area contributed by atoms with Crippen molar-refractivity contribution >= 4 is 5.97 Å². The molecular weight excluding hydrogens is 208 g/mol. The summed E-state index contributed by atoms with van der Waals surface area (Å²) in [6, 6.07) is 0.